The standard InChI is InChI=1S/C22H28NO5S/c1-15-6-8-16(9-7-15)14-19(23-21(25)28-22(2,3)4)17-10-12-18(13-11-17)20(24)29(5,26)27/h6-13,19-20,24H,1,14H2,2-5H3,(H,23,25). The Kier molecular flexibility index (Phi) is 7.08. The number of hydrogen-bond donors (Lipinski definition) is 2. The van der Waals surface area contributed by atoms with Crippen LogP contribution in [-0.2, 0) is 21.0 Å². The molecule has 0 aliphatic rings. The second-order valence-electron chi connectivity index (χ2n) is 8.07. The molecule has 0 fully saturated rings. The molecule has 0 saturated carbocycles. The SMILES string of the molecule is [CH2]c1ccc(CC(NC(=O)OC(C)(C)C)c2ccc(C(O)S(C)(=O)=O)cc2)cc1. The van der Waals surface area contributed by atoms with Crippen molar-refractivity contribution in [1.29, 1.82) is 0 Å². The number of ether oxygens (including phenoxy) is 1. The summed E-state index contributed by atoms with van der Waals surface area (Å²) in [4.78, 5) is 12.3. The summed E-state index contributed by atoms with van der Waals surface area (Å²) < 4.78 is 28.5. The molecule has 2 unspecified atom stereocenters. The molecule has 2 aromatic rings. The summed E-state index contributed by atoms with van der Waals surface area (Å²) >= 11 is 0. The number of rotatable bonds is 6. The molecule has 1 amide bonds. The number of nitrogens with one attached hydrogen (secondary N) is 1. The molecule has 157 valence electrons. The highest BCUT2D eigenvalue weighted by molar-refractivity contribution is 7.90. The van der Waals surface area contributed by atoms with Crippen molar-refractivity contribution >= 4 is 15.9 Å². The third-order valence-corrected chi connectivity index (χ3v) is 5.27. The number of carbonyl (C=O) groups is 1. The molecule has 0 aliphatic carbocycles. The van der Waals surface area contributed by atoms with Crippen LogP contribution in [-0.4, -0.2) is 31.5 Å². The van der Waals surface area contributed by atoms with Crippen molar-refractivity contribution in [1.82, 2.24) is 5.32 Å². The second kappa shape index (κ2) is 8.97. The van der Waals surface area contributed by atoms with Crippen molar-refractivity contribution in [2.45, 2.75) is 44.3 Å². The number of sulfone groups is 1. The van der Waals surface area contributed by atoms with E-state index in [0.29, 0.717) is 6.42 Å². The fourth-order valence-corrected chi connectivity index (χ4v) is 3.40. The lowest BCUT2D eigenvalue weighted by Gasteiger charge is -2.24. The third kappa shape index (κ3) is 7.18. The number of alkyl carbamates (subject to hydrolysis) is 1. The molecule has 0 aliphatic heterocycles. The summed E-state index contributed by atoms with van der Waals surface area (Å²) in [5.74, 6) is 0. The molecule has 2 aromatic carbocycles. The van der Waals surface area contributed by atoms with Gasteiger partial charge in [0.05, 0.1) is 6.04 Å². The number of carbonyl (C=O) groups excluding carboxylic acids is 1. The van der Waals surface area contributed by atoms with Gasteiger partial charge in [-0.2, -0.15) is 0 Å². The first kappa shape index (κ1) is 22.9. The quantitative estimate of drug-likeness (QED) is 0.746. The number of amides is 1. The van der Waals surface area contributed by atoms with Crippen LogP contribution in [0, 0.1) is 6.92 Å². The van der Waals surface area contributed by atoms with Crippen molar-refractivity contribution in [3.63, 3.8) is 0 Å². The van der Waals surface area contributed by atoms with E-state index in [0.717, 1.165) is 22.9 Å². The van der Waals surface area contributed by atoms with E-state index >= 15 is 0 Å². The lowest BCUT2D eigenvalue weighted by Crippen LogP contribution is -2.35. The molecule has 7 heteroatoms. The smallest absolute Gasteiger partial charge is 0.408 e. The Morgan fingerprint density at radius 1 is 1.07 bits per heavy atom. The summed E-state index contributed by atoms with van der Waals surface area (Å²) in [7, 11) is -3.62. The Morgan fingerprint density at radius 2 is 1.59 bits per heavy atom. The number of hydrogen-bond acceptors (Lipinski definition) is 5. The molecular weight excluding hydrogens is 390 g/mol. The van der Waals surface area contributed by atoms with Crippen molar-refractivity contribution < 1.29 is 23.1 Å². The molecule has 2 atom stereocenters. The topological polar surface area (TPSA) is 92.7 Å². The Bertz CT molecular complexity index is 929. The van der Waals surface area contributed by atoms with E-state index in [1.807, 2.05) is 24.3 Å². The van der Waals surface area contributed by atoms with Crippen molar-refractivity contribution in [2.24, 2.45) is 0 Å². The van der Waals surface area contributed by atoms with Crippen LogP contribution in [0.5, 0.6) is 0 Å². The summed E-state index contributed by atoms with van der Waals surface area (Å²) in [5.41, 5.74) is 0.711. The van der Waals surface area contributed by atoms with Gasteiger partial charge in [-0.15, -0.1) is 0 Å². The first-order valence-electron chi connectivity index (χ1n) is 9.22. The zero-order valence-electron chi connectivity index (χ0n) is 17.2. The van der Waals surface area contributed by atoms with Crippen molar-refractivity contribution in [3.8, 4) is 0 Å². The summed E-state index contributed by atoms with van der Waals surface area (Å²) in [6.07, 6.45) is 0.939. The fourth-order valence-electron chi connectivity index (χ4n) is 2.75. The van der Waals surface area contributed by atoms with Crippen LogP contribution < -0.4 is 5.32 Å². The highest BCUT2D eigenvalue weighted by atomic mass is 32.2. The van der Waals surface area contributed by atoms with Gasteiger partial charge in [0.15, 0.2) is 15.3 Å². The van der Waals surface area contributed by atoms with Crippen LogP contribution >= 0.6 is 0 Å². The molecule has 2 rings (SSSR count). The molecule has 0 spiro atoms. The first-order valence-corrected chi connectivity index (χ1v) is 11.2. The lowest BCUT2D eigenvalue weighted by molar-refractivity contribution is 0.0503. The first-order chi connectivity index (χ1) is 13.3. The predicted molar refractivity (Wildman–Crippen MR) is 113 cm³/mol. The Morgan fingerprint density at radius 3 is 2.07 bits per heavy atom. The maximum Gasteiger partial charge on any atom is 0.408 e. The van der Waals surface area contributed by atoms with Gasteiger partial charge in [0.25, 0.3) is 0 Å². The molecule has 6 nitrogen and oxygen atoms in total. The van der Waals surface area contributed by atoms with Gasteiger partial charge < -0.3 is 15.2 Å². The number of aliphatic hydroxyl groups is 1. The summed E-state index contributed by atoms with van der Waals surface area (Å²) in [5, 5.41) is 12.8. The fraction of sp³-hybridized carbons (Fsp3) is 0.364. The Hall–Kier alpha value is -2.38. The van der Waals surface area contributed by atoms with Crippen LogP contribution in [0.1, 0.15) is 54.5 Å². The molecule has 29 heavy (non-hydrogen) atoms. The van der Waals surface area contributed by atoms with Crippen molar-refractivity contribution in [3.05, 3.63) is 77.7 Å². The van der Waals surface area contributed by atoms with Gasteiger partial charge in [-0.05, 0) is 56.4 Å². The van der Waals surface area contributed by atoms with Gasteiger partial charge in [-0.3, -0.25) is 0 Å². The normalized spacial score (nSPS) is 14.1. The minimum atomic E-state index is -3.62. The maximum absolute atomic E-state index is 12.3. The monoisotopic (exact) mass is 418 g/mol. The maximum atomic E-state index is 12.3. The zero-order chi connectivity index (χ0) is 21.8. The van der Waals surface area contributed by atoms with E-state index in [9.17, 15) is 18.3 Å². The molecule has 0 aromatic heterocycles. The second-order valence-corrected chi connectivity index (χ2v) is 10.2. The average Bonchev–Trinajstić information content (AvgIpc) is 2.60. The summed E-state index contributed by atoms with van der Waals surface area (Å²) in [6, 6.07) is 13.8. The van der Waals surface area contributed by atoms with E-state index in [2.05, 4.69) is 12.2 Å². The molecule has 1 radical (unpaired) electrons. The zero-order valence-corrected chi connectivity index (χ0v) is 18.0. The third-order valence-electron chi connectivity index (χ3n) is 4.18. The molecule has 2 N–H and O–H groups in total. The van der Waals surface area contributed by atoms with Crippen molar-refractivity contribution in [2.75, 3.05) is 6.26 Å². The van der Waals surface area contributed by atoms with Crippen LogP contribution in [0.2, 0.25) is 0 Å². The molecule has 0 heterocycles. The van der Waals surface area contributed by atoms with Crippen LogP contribution in [0.3, 0.4) is 0 Å². The van der Waals surface area contributed by atoms with Crippen LogP contribution in [0.25, 0.3) is 0 Å². The van der Waals surface area contributed by atoms with E-state index in [1.165, 1.54) is 0 Å². The van der Waals surface area contributed by atoms with Crippen LogP contribution in [0.4, 0.5) is 4.79 Å². The van der Waals surface area contributed by atoms with Gasteiger partial charge in [0.2, 0.25) is 0 Å². The van der Waals surface area contributed by atoms with E-state index < -0.39 is 33.0 Å². The minimum absolute atomic E-state index is 0.272. The largest absolute Gasteiger partial charge is 0.444 e. The van der Waals surface area contributed by atoms with Gasteiger partial charge in [-0.1, -0.05) is 48.5 Å². The van der Waals surface area contributed by atoms with Crippen LogP contribution in [0.15, 0.2) is 48.5 Å². The van der Waals surface area contributed by atoms with Gasteiger partial charge in [-0.25, -0.2) is 13.2 Å². The molecule has 0 bridgehead atoms. The van der Waals surface area contributed by atoms with E-state index in [-0.39, 0.29) is 5.56 Å². The van der Waals surface area contributed by atoms with Gasteiger partial charge in [0, 0.05) is 6.26 Å². The Labute approximate surface area is 172 Å². The predicted octanol–water partition coefficient (Wildman–Crippen LogP) is 3.71. The van der Waals surface area contributed by atoms with Gasteiger partial charge >= 0.3 is 6.09 Å². The van der Waals surface area contributed by atoms with E-state index in [1.54, 1.807) is 45.0 Å². The van der Waals surface area contributed by atoms with E-state index in [4.69, 9.17) is 4.74 Å². The average molecular weight is 419 g/mol. The highest BCUT2D eigenvalue weighted by Crippen LogP contribution is 2.24. The lowest BCUT2D eigenvalue weighted by atomic mass is 9.97. The number of benzene rings is 2. The molecule has 0 saturated heterocycles. The summed E-state index contributed by atoms with van der Waals surface area (Å²) in [6.45, 7) is 9.23. The highest BCUT2D eigenvalue weighted by Gasteiger charge is 2.23. The Balaban J connectivity index is 2.28. The number of aliphatic hydroxyl groups excluding tert-OH is 1. The molecular formula is C22H28NO5S. The minimum Gasteiger partial charge on any atom is -0.444 e. The van der Waals surface area contributed by atoms with Gasteiger partial charge in [0.1, 0.15) is 5.60 Å².